The van der Waals surface area contributed by atoms with Gasteiger partial charge in [0.25, 0.3) is 11.8 Å². The fourth-order valence-corrected chi connectivity index (χ4v) is 4.75. The third-order valence-electron chi connectivity index (χ3n) is 5.49. The molecule has 0 aromatic heterocycles. The number of rotatable bonds is 9. The molecule has 0 saturated heterocycles. The topological polar surface area (TPSA) is 46.6 Å². The van der Waals surface area contributed by atoms with Crippen LogP contribution in [0.15, 0.2) is 83.8 Å². The van der Waals surface area contributed by atoms with Gasteiger partial charge in [0.1, 0.15) is 5.75 Å². The van der Waals surface area contributed by atoms with Crippen molar-refractivity contribution >= 4 is 34.8 Å². The molecule has 0 saturated carbocycles. The maximum Gasteiger partial charge on any atom is 0.272 e. The van der Waals surface area contributed by atoms with Crippen LogP contribution < -0.4 is 9.64 Å². The molecule has 33 heavy (non-hydrogen) atoms. The van der Waals surface area contributed by atoms with Gasteiger partial charge in [0.05, 0.1) is 22.8 Å². The number of imide groups is 1. The van der Waals surface area contributed by atoms with E-state index in [0.29, 0.717) is 28.5 Å². The Labute approximate surface area is 199 Å². The molecule has 0 unspecified atom stereocenters. The van der Waals surface area contributed by atoms with Gasteiger partial charge in [0.2, 0.25) is 0 Å². The fourth-order valence-electron chi connectivity index (χ4n) is 3.68. The predicted octanol–water partition coefficient (Wildman–Crippen LogP) is 6.26. The summed E-state index contributed by atoms with van der Waals surface area (Å²) in [5.41, 5.74) is 4.02. The van der Waals surface area contributed by atoms with Gasteiger partial charge in [0, 0.05) is 5.75 Å². The van der Waals surface area contributed by atoms with Gasteiger partial charge in [-0.3, -0.25) is 9.59 Å². The summed E-state index contributed by atoms with van der Waals surface area (Å²) in [6, 6.07) is 25.0. The van der Waals surface area contributed by atoms with E-state index in [1.807, 2.05) is 78.9 Å². The summed E-state index contributed by atoms with van der Waals surface area (Å²) in [4.78, 5) is 28.8. The second-order valence-electron chi connectivity index (χ2n) is 7.82. The van der Waals surface area contributed by atoms with Crippen LogP contribution in [0.1, 0.15) is 37.0 Å². The third-order valence-corrected chi connectivity index (χ3v) is 6.63. The van der Waals surface area contributed by atoms with Gasteiger partial charge >= 0.3 is 0 Å². The van der Waals surface area contributed by atoms with Crippen molar-refractivity contribution in [1.29, 1.82) is 0 Å². The van der Waals surface area contributed by atoms with Gasteiger partial charge in [-0.15, -0.1) is 11.8 Å². The Hall–Kier alpha value is -3.31. The van der Waals surface area contributed by atoms with Crippen molar-refractivity contribution in [3.63, 3.8) is 0 Å². The van der Waals surface area contributed by atoms with E-state index in [9.17, 15) is 9.59 Å². The summed E-state index contributed by atoms with van der Waals surface area (Å²) in [5.74, 6) is 0.802. The van der Waals surface area contributed by atoms with Crippen LogP contribution in [0, 0.1) is 0 Å². The lowest BCUT2D eigenvalue weighted by Gasteiger charge is -2.15. The Balaban J connectivity index is 1.68. The SMILES string of the molecule is CCCOc1ccc(C2=C(SCc3ccccc3)C(=O)N(c3ccc(CC)cc3)C2=O)cc1. The number of hydrogen-bond acceptors (Lipinski definition) is 4. The molecule has 0 atom stereocenters. The summed E-state index contributed by atoms with van der Waals surface area (Å²) < 4.78 is 5.68. The monoisotopic (exact) mass is 457 g/mol. The quantitative estimate of drug-likeness (QED) is 0.356. The summed E-state index contributed by atoms with van der Waals surface area (Å²) in [5, 5.41) is 0. The minimum Gasteiger partial charge on any atom is -0.494 e. The van der Waals surface area contributed by atoms with Gasteiger partial charge in [-0.1, -0.05) is 68.4 Å². The number of hydrogen-bond donors (Lipinski definition) is 0. The minimum atomic E-state index is -0.290. The molecule has 0 aliphatic carbocycles. The predicted molar refractivity (Wildman–Crippen MR) is 135 cm³/mol. The number of benzene rings is 3. The van der Waals surface area contributed by atoms with Crippen LogP contribution in [-0.4, -0.2) is 18.4 Å². The number of nitrogens with zero attached hydrogens (tertiary/aromatic N) is 1. The van der Waals surface area contributed by atoms with Crippen molar-refractivity contribution < 1.29 is 14.3 Å². The molecule has 1 aliphatic rings. The van der Waals surface area contributed by atoms with Crippen molar-refractivity contribution in [2.45, 2.75) is 32.4 Å². The van der Waals surface area contributed by atoms with Crippen molar-refractivity contribution in [3.8, 4) is 5.75 Å². The highest BCUT2D eigenvalue weighted by molar-refractivity contribution is 8.03. The summed E-state index contributed by atoms with van der Waals surface area (Å²) >= 11 is 1.41. The number of amides is 2. The van der Waals surface area contributed by atoms with Crippen LogP contribution >= 0.6 is 11.8 Å². The first-order valence-electron chi connectivity index (χ1n) is 11.2. The summed E-state index contributed by atoms with van der Waals surface area (Å²) in [7, 11) is 0. The molecule has 4 rings (SSSR count). The number of thioether (sulfide) groups is 1. The molecule has 1 aliphatic heterocycles. The Morgan fingerprint density at radius 2 is 1.48 bits per heavy atom. The lowest BCUT2D eigenvalue weighted by molar-refractivity contribution is -0.119. The Kier molecular flexibility index (Phi) is 7.30. The van der Waals surface area contributed by atoms with Crippen LogP contribution in [0.5, 0.6) is 5.75 Å². The van der Waals surface area contributed by atoms with Crippen molar-refractivity contribution in [1.82, 2.24) is 0 Å². The second-order valence-corrected chi connectivity index (χ2v) is 8.80. The first-order chi connectivity index (χ1) is 16.1. The minimum absolute atomic E-state index is 0.272. The first kappa shape index (κ1) is 22.9. The van der Waals surface area contributed by atoms with E-state index in [2.05, 4.69) is 13.8 Å². The highest BCUT2D eigenvalue weighted by Crippen LogP contribution is 2.40. The lowest BCUT2D eigenvalue weighted by Crippen LogP contribution is -2.31. The zero-order valence-electron chi connectivity index (χ0n) is 18.9. The molecule has 3 aromatic rings. The average Bonchev–Trinajstić information content (AvgIpc) is 3.11. The van der Waals surface area contributed by atoms with Crippen LogP contribution in [0.4, 0.5) is 5.69 Å². The summed E-state index contributed by atoms with van der Waals surface area (Å²) in [6.07, 6.45) is 1.82. The first-order valence-corrected chi connectivity index (χ1v) is 12.2. The molecule has 2 amide bonds. The largest absolute Gasteiger partial charge is 0.494 e. The molecular weight excluding hydrogens is 430 g/mol. The molecule has 5 heteroatoms. The third kappa shape index (κ3) is 5.04. The Morgan fingerprint density at radius 3 is 2.12 bits per heavy atom. The van der Waals surface area contributed by atoms with Gasteiger partial charge in [-0.25, -0.2) is 4.90 Å². The maximum atomic E-state index is 13.6. The Bertz CT molecular complexity index is 1150. The van der Waals surface area contributed by atoms with Crippen molar-refractivity contribution in [3.05, 3.63) is 100 Å². The van der Waals surface area contributed by atoms with E-state index in [4.69, 9.17) is 4.74 Å². The zero-order valence-corrected chi connectivity index (χ0v) is 19.7. The van der Waals surface area contributed by atoms with Gasteiger partial charge in [0.15, 0.2) is 0 Å². The molecule has 0 N–H and O–H groups in total. The number of aryl methyl sites for hydroxylation is 1. The highest BCUT2D eigenvalue weighted by atomic mass is 32.2. The number of anilines is 1. The van der Waals surface area contributed by atoms with E-state index < -0.39 is 0 Å². The molecule has 0 spiro atoms. The number of ether oxygens (including phenoxy) is 1. The smallest absolute Gasteiger partial charge is 0.272 e. The Morgan fingerprint density at radius 1 is 0.788 bits per heavy atom. The number of carbonyl (C=O) groups excluding carboxylic acids is 2. The van der Waals surface area contributed by atoms with E-state index in [0.717, 1.165) is 35.3 Å². The van der Waals surface area contributed by atoms with E-state index in [-0.39, 0.29) is 11.8 Å². The number of carbonyl (C=O) groups is 2. The summed E-state index contributed by atoms with van der Waals surface area (Å²) in [6.45, 7) is 4.77. The molecule has 4 nitrogen and oxygen atoms in total. The normalized spacial score (nSPS) is 13.7. The van der Waals surface area contributed by atoms with Crippen LogP contribution in [0.25, 0.3) is 5.57 Å². The molecule has 3 aromatic carbocycles. The molecule has 1 heterocycles. The molecule has 0 bridgehead atoms. The fraction of sp³-hybridized carbons (Fsp3) is 0.214. The highest BCUT2D eigenvalue weighted by Gasteiger charge is 2.40. The van der Waals surface area contributed by atoms with E-state index in [1.165, 1.54) is 16.7 Å². The van der Waals surface area contributed by atoms with Crippen LogP contribution in [0.3, 0.4) is 0 Å². The molecule has 168 valence electrons. The average molecular weight is 458 g/mol. The van der Waals surface area contributed by atoms with Crippen LogP contribution in [0.2, 0.25) is 0 Å². The van der Waals surface area contributed by atoms with Crippen molar-refractivity contribution in [2.75, 3.05) is 11.5 Å². The molecular formula is C28H27NO3S. The lowest BCUT2D eigenvalue weighted by atomic mass is 10.1. The van der Waals surface area contributed by atoms with Crippen LogP contribution in [-0.2, 0) is 21.8 Å². The van der Waals surface area contributed by atoms with E-state index >= 15 is 0 Å². The maximum absolute atomic E-state index is 13.6. The van der Waals surface area contributed by atoms with Gasteiger partial charge in [-0.2, -0.15) is 0 Å². The second kappa shape index (κ2) is 10.5. The molecule has 0 radical (unpaired) electrons. The standard InChI is InChI=1S/C28H27NO3S/c1-3-18-32-24-16-12-22(13-17-24)25-26(33-19-21-8-6-5-7-9-21)28(31)29(27(25)30)23-14-10-20(4-2)11-15-23/h5-17H,3-4,18-19H2,1-2H3. The van der Waals surface area contributed by atoms with Gasteiger partial charge < -0.3 is 4.74 Å². The van der Waals surface area contributed by atoms with Gasteiger partial charge in [-0.05, 0) is 53.8 Å². The van der Waals surface area contributed by atoms with E-state index in [1.54, 1.807) is 0 Å². The zero-order chi connectivity index (χ0) is 23.2. The molecule has 0 fully saturated rings. The van der Waals surface area contributed by atoms with Crippen molar-refractivity contribution in [2.24, 2.45) is 0 Å².